The van der Waals surface area contributed by atoms with E-state index in [0.29, 0.717) is 6.54 Å². The molecule has 0 radical (unpaired) electrons. The highest BCUT2D eigenvalue weighted by atomic mass is 35.5. The van der Waals surface area contributed by atoms with E-state index in [4.69, 9.17) is 4.74 Å². The number of halogens is 2. The average Bonchev–Trinajstić information content (AvgIpc) is 2.73. The Balaban J connectivity index is 0.00000300. The van der Waals surface area contributed by atoms with Gasteiger partial charge in [-0.05, 0) is 61.2 Å². The van der Waals surface area contributed by atoms with Crippen LogP contribution in [0.25, 0.3) is 0 Å². The van der Waals surface area contributed by atoms with Crippen LogP contribution in [0.5, 0.6) is 5.75 Å². The largest absolute Gasteiger partial charge is 0.497 e. The average molecular weight is 422 g/mol. The van der Waals surface area contributed by atoms with E-state index in [9.17, 15) is 9.18 Å². The SMILES string of the molecule is COc1ccc(NC(=O)N2CCNCC2CCCCc2ccc(F)cc2)cc1.Cl. The lowest BCUT2D eigenvalue weighted by molar-refractivity contribution is 0.164. The van der Waals surface area contributed by atoms with Crippen LogP contribution >= 0.6 is 12.4 Å². The van der Waals surface area contributed by atoms with Crippen molar-refractivity contribution in [2.75, 3.05) is 32.1 Å². The minimum Gasteiger partial charge on any atom is -0.497 e. The standard InChI is InChI=1S/C22H28FN3O2.ClH/c1-28-21-12-10-19(11-13-21)25-22(27)26-15-14-24-16-20(26)5-3-2-4-17-6-8-18(23)9-7-17;/h6-13,20,24H,2-5,14-16H2,1H3,(H,25,27);1H. The van der Waals surface area contributed by atoms with Gasteiger partial charge in [0, 0.05) is 31.4 Å². The van der Waals surface area contributed by atoms with Gasteiger partial charge in [0.25, 0.3) is 0 Å². The van der Waals surface area contributed by atoms with E-state index in [2.05, 4.69) is 10.6 Å². The summed E-state index contributed by atoms with van der Waals surface area (Å²) in [6.45, 7) is 2.32. The Kier molecular flexibility index (Phi) is 9.22. The zero-order chi connectivity index (χ0) is 19.8. The number of anilines is 1. The monoisotopic (exact) mass is 421 g/mol. The summed E-state index contributed by atoms with van der Waals surface area (Å²) in [5, 5.41) is 6.37. The molecular formula is C22H29ClFN3O2. The van der Waals surface area contributed by atoms with Crippen LogP contribution in [-0.4, -0.2) is 43.7 Å². The topological polar surface area (TPSA) is 53.6 Å². The first-order valence-electron chi connectivity index (χ1n) is 9.82. The first-order chi connectivity index (χ1) is 13.7. The molecule has 1 aliphatic heterocycles. The molecule has 2 aromatic carbocycles. The lowest BCUT2D eigenvalue weighted by Crippen LogP contribution is -2.54. The predicted octanol–water partition coefficient (Wildman–Crippen LogP) is 4.47. The summed E-state index contributed by atoms with van der Waals surface area (Å²) >= 11 is 0. The highest BCUT2D eigenvalue weighted by Crippen LogP contribution is 2.18. The van der Waals surface area contributed by atoms with Gasteiger partial charge in [-0.15, -0.1) is 12.4 Å². The van der Waals surface area contributed by atoms with Crippen molar-refractivity contribution in [1.29, 1.82) is 0 Å². The number of benzene rings is 2. The molecule has 1 aliphatic rings. The number of unbranched alkanes of at least 4 members (excludes halogenated alkanes) is 1. The van der Waals surface area contributed by atoms with Crippen molar-refractivity contribution >= 4 is 24.1 Å². The number of rotatable bonds is 7. The van der Waals surface area contributed by atoms with Gasteiger partial charge in [0.15, 0.2) is 0 Å². The molecule has 0 aliphatic carbocycles. The van der Waals surface area contributed by atoms with Crippen LogP contribution in [0.15, 0.2) is 48.5 Å². The first kappa shape index (κ1) is 23.0. The zero-order valence-electron chi connectivity index (χ0n) is 16.7. The normalized spacial score (nSPS) is 16.1. The van der Waals surface area contributed by atoms with E-state index in [0.717, 1.165) is 55.8 Å². The van der Waals surface area contributed by atoms with Gasteiger partial charge in [0.05, 0.1) is 7.11 Å². The summed E-state index contributed by atoms with van der Waals surface area (Å²) in [6.07, 6.45) is 3.93. The molecule has 1 unspecified atom stereocenters. The number of hydrogen-bond donors (Lipinski definition) is 2. The molecule has 1 heterocycles. The highest BCUT2D eigenvalue weighted by molar-refractivity contribution is 5.89. The van der Waals surface area contributed by atoms with Crippen LogP contribution in [0.1, 0.15) is 24.8 Å². The summed E-state index contributed by atoms with van der Waals surface area (Å²) in [7, 11) is 1.62. The number of methoxy groups -OCH3 is 1. The van der Waals surface area contributed by atoms with Crippen LogP contribution in [0, 0.1) is 5.82 Å². The van der Waals surface area contributed by atoms with Crippen LogP contribution in [0.3, 0.4) is 0 Å². The molecule has 158 valence electrons. The Labute approximate surface area is 178 Å². The number of ether oxygens (including phenoxy) is 1. The quantitative estimate of drug-likeness (QED) is 0.648. The predicted molar refractivity (Wildman–Crippen MR) is 117 cm³/mol. The number of nitrogens with one attached hydrogen (secondary N) is 2. The fourth-order valence-electron chi connectivity index (χ4n) is 3.52. The molecule has 0 bridgehead atoms. The Hall–Kier alpha value is -2.31. The molecule has 1 fully saturated rings. The molecule has 5 nitrogen and oxygen atoms in total. The van der Waals surface area contributed by atoms with E-state index in [1.165, 1.54) is 12.1 Å². The fourth-order valence-corrected chi connectivity index (χ4v) is 3.52. The van der Waals surface area contributed by atoms with E-state index < -0.39 is 0 Å². The van der Waals surface area contributed by atoms with Crippen molar-refractivity contribution in [2.24, 2.45) is 0 Å². The zero-order valence-corrected chi connectivity index (χ0v) is 17.5. The van der Waals surface area contributed by atoms with Crippen LogP contribution in [0.4, 0.5) is 14.9 Å². The second-order valence-corrected chi connectivity index (χ2v) is 7.08. The molecule has 3 rings (SSSR count). The Bertz CT molecular complexity index is 756. The Morgan fingerprint density at radius 3 is 2.59 bits per heavy atom. The van der Waals surface area contributed by atoms with Gasteiger partial charge in [-0.2, -0.15) is 0 Å². The third kappa shape index (κ3) is 6.91. The Morgan fingerprint density at radius 2 is 1.90 bits per heavy atom. The van der Waals surface area contributed by atoms with Crippen molar-refractivity contribution < 1.29 is 13.9 Å². The van der Waals surface area contributed by atoms with Crippen molar-refractivity contribution in [3.63, 3.8) is 0 Å². The van der Waals surface area contributed by atoms with E-state index in [1.54, 1.807) is 7.11 Å². The lowest BCUT2D eigenvalue weighted by Gasteiger charge is -2.36. The van der Waals surface area contributed by atoms with Crippen molar-refractivity contribution in [3.05, 3.63) is 59.9 Å². The molecule has 1 atom stereocenters. The third-order valence-corrected chi connectivity index (χ3v) is 5.12. The maximum Gasteiger partial charge on any atom is 0.322 e. The van der Waals surface area contributed by atoms with Crippen LogP contribution < -0.4 is 15.4 Å². The van der Waals surface area contributed by atoms with Gasteiger partial charge in [-0.3, -0.25) is 0 Å². The first-order valence-corrected chi connectivity index (χ1v) is 9.82. The molecule has 7 heteroatoms. The number of nitrogens with zero attached hydrogens (tertiary/aromatic N) is 1. The maximum atomic E-state index is 13.0. The molecule has 2 aromatic rings. The molecule has 0 aromatic heterocycles. The maximum absolute atomic E-state index is 13.0. The molecular weight excluding hydrogens is 393 g/mol. The highest BCUT2D eigenvalue weighted by Gasteiger charge is 2.26. The number of amides is 2. The van der Waals surface area contributed by atoms with Gasteiger partial charge < -0.3 is 20.3 Å². The molecule has 1 saturated heterocycles. The van der Waals surface area contributed by atoms with Crippen molar-refractivity contribution in [2.45, 2.75) is 31.7 Å². The van der Waals surface area contributed by atoms with Crippen LogP contribution in [-0.2, 0) is 6.42 Å². The van der Waals surface area contributed by atoms with Gasteiger partial charge in [0.1, 0.15) is 11.6 Å². The number of hydrogen-bond acceptors (Lipinski definition) is 3. The number of aryl methyl sites for hydroxylation is 1. The minimum absolute atomic E-state index is 0. The molecule has 2 amide bonds. The van der Waals surface area contributed by atoms with Gasteiger partial charge in [-0.25, -0.2) is 9.18 Å². The molecule has 0 saturated carbocycles. The fraction of sp³-hybridized carbons (Fsp3) is 0.409. The number of urea groups is 1. The number of piperazine rings is 1. The second kappa shape index (κ2) is 11.6. The summed E-state index contributed by atoms with van der Waals surface area (Å²) in [5.74, 6) is 0.565. The number of carbonyl (C=O) groups excluding carboxylic acids is 1. The van der Waals surface area contributed by atoms with E-state index in [1.807, 2.05) is 41.3 Å². The lowest BCUT2D eigenvalue weighted by atomic mass is 10.0. The summed E-state index contributed by atoms with van der Waals surface area (Å²) < 4.78 is 18.1. The van der Waals surface area contributed by atoms with Crippen molar-refractivity contribution in [1.82, 2.24) is 10.2 Å². The van der Waals surface area contributed by atoms with Crippen LogP contribution in [0.2, 0.25) is 0 Å². The van der Waals surface area contributed by atoms with E-state index >= 15 is 0 Å². The van der Waals surface area contributed by atoms with Gasteiger partial charge in [-0.1, -0.05) is 18.6 Å². The number of carbonyl (C=O) groups is 1. The van der Waals surface area contributed by atoms with E-state index in [-0.39, 0.29) is 30.3 Å². The molecule has 2 N–H and O–H groups in total. The summed E-state index contributed by atoms with van der Waals surface area (Å²) in [6, 6.07) is 14.2. The Morgan fingerprint density at radius 1 is 1.17 bits per heavy atom. The minimum atomic E-state index is -0.199. The van der Waals surface area contributed by atoms with Gasteiger partial charge in [0.2, 0.25) is 0 Å². The third-order valence-electron chi connectivity index (χ3n) is 5.12. The van der Waals surface area contributed by atoms with Crippen molar-refractivity contribution in [3.8, 4) is 5.75 Å². The molecule has 0 spiro atoms. The smallest absolute Gasteiger partial charge is 0.322 e. The summed E-state index contributed by atoms with van der Waals surface area (Å²) in [5.41, 5.74) is 1.91. The molecule has 29 heavy (non-hydrogen) atoms. The van der Waals surface area contributed by atoms with Gasteiger partial charge >= 0.3 is 6.03 Å². The second-order valence-electron chi connectivity index (χ2n) is 7.08. The summed E-state index contributed by atoms with van der Waals surface area (Å²) in [4.78, 5) is 14.7.